The zero-order valence-corrected chi connectivity index (χ0v) is 15.3. The summed E-state index contributed by atoms with van der Waals surface area (Å²) < 4.78 is 33.2. The van der Waals surface area contributed by atoms with Gasteiger partial charge >= 0.3 is 0 Å². The Kier molecular flexibility index (Phi) is 4.22. The minimum absolute atomic E-state index is 0.0427. The van der Waals surface area contributed by atoms with Crippen LogP contribution >= 0.6 is 0 Å². The number of fused-ring (bicyclic) bond motifs is 1. The largest absolute Gasteiger partial charge is 0.373 e. The first kappa shape index (κ1) is 17.4. The van der Waals surface area contributed by atoms with Crippen molar-refractivity contribution in [2.45, 2.75) is 56.6 Å². The third-order valence-electron chi connectivity index (χ3n) is 4.62. The highest BCUT2D eigenvalue weighted by molar-refractivity contribution is 7.89. The lowest BCUT2D eigenvalue weighted by molar-refractivity contribution is -0.117. The van der Waals surface area contributed by atoms with Crippen molar-refractivity contribution in [3.63, 3.8) is 0 Å². The molecule has 2 heterocycles. The van der Waals surface area contributed by atoms with E-state index in [9.17, 15) is 13.2 Å². The molecule has 7 heteroatoms. The summed E-state index contributed by atoms with van der Waals surface area (Å²) in [5.74, 6) is -0.0427. The zero-order chi connectivity index (χ0) is 17.7. The molecule has 0 aliphatic carbocycles. The maximum absolute atomic E-state index is 13.0. The average Bonchev–Trinajstić information content (AvgIpc) is 2.44. The van der Waals surface area contributed by atoms with Gasteiger partial charge in [0.2, 0.25) is 15.9 Å². The van der Waals surface area contributed by atoms with Crippen molar-refractivity contribution >= 4 is 21.6 Å². The van der Waals surface area contributed by atoms with Gasteiger partial charge in [-0.3, -0.25) is 4.79 Å². The number of ether oxygens (including phenoxy) is 1. The van der Waals surface area contributed by atoms with Crippen LogP contribution in [-0.4, -0.2) is 43.9 Å². The molecule has 0 saturated carbocycles. The molecule has 1 aromatic carbocycles. The number of morpholine rings is 1. The number of rotatable bonds is 2. The van der Waals surface area contributed by atoms with Gasteiger partial charge in [-0.2, -0.15) is 4.31 Å². The molecule has 1 N–H and O–H groups in total. The number of benzene rings is 1. The van der Waals surface area contributed by atoms with Crippen LogP contribution in [0.4, 0.5) is 5.69 Å². The van der Waals surface area contributed by atoms with Crippen molar-refractivity contribution in [3.05, 3.63) is 23.8 Å². The van der Waals surface area contributed by atoms with Gasteiger partial charge in [0.05, 0.1) is 17.1 Å². The Balaban J connectivity index is 1.99. The van der Waals surface area contributed by atoms with Gasteiger partial charge in [-0.05, 0) is 37.6 Å². The number of carbonyl (C=O) groups excluding carboxylic acids is 1. The molecule has 2 aliphatic rings. The number of anilines is 1. The van der Waals surface area contributed by atoms with E-state index in [1.165, 1.54) is 4.31 Å². The van der Waals surface area contributed by atoms with Gasteiger partial charge in [-0.25, -0.2) is 8.42 Å². The number of nitrogens with one attached hydrogen (secondary N) is 1. The molecular formula is C17H24N2O4S. The molecule has 0 aromatic heterocycles. The first-order valence-electron chi connectivity index (χ1n) is 8.19. The maximum Gasteiger partial charge on any atom is 0.243 e. The first-order valence-corrected chi connectivity index (χ1v) is 9.63. The van der Waals surface area contributed by atoms with E-state index in [1.54, 1.807) is 18.2 Å². The summed E-state index contributed by atoms with van der Waals surface area (Å²) in [6.45, 7) is 8.38. The number of hydrogen-bond donors (Lipinski definition) is 1. The third-order valence-corrected chi connectivity index (χ3v) is 6.45. The van der Waals surface area contributed by atoms with E-state index in [2.05, 4.69) is 5.32 Å². The molecule has 1 fully saturated rings. The molecule has 0 bridgehead atoms. The fraction of sp³-hybridized carbons (Fsp3) is 0.588. The summed E-state index contributed by atoms with van der Waals surface area (Å²) in [4.78, 5) is 12.1. The zero-order valence-electron chi connectivity index (χ0n) is 14.5. The van der Waals surface area contributed by atoms with Crippen molar-refractivity contribution < 1.29 is 17.9 Å². The standard InChI is InChI=1S/C17H24N2O4S/c1-11-9-19(10-12(2)23-11)24(21,22)13-5-6-15-14(7-13)17(3,4)8-16(20)18-15/h5-7,11-12H,8-10H2,1-4H3,(H,18,20). The van der Waals surface area contributed by atoms with E-state index in [0.717, 1.165) is 5.56 Å². The molecular weight excluding hydrogens is 328 g/mol. The quantitative estimate of drug-likeness (QED) is 0.884. The van der Waals surface area contributed by atoms with Crippen LogP contribution in [0.15, 0.2) is 23.1 Å². The lowest BCUT2D eigenvalue weighted by Gasteiger charge is -2.35. The lowest BCUT2D eigenvalue weighted by atomic mass is 9.78. The molecule has 1 amide bonds. The minimum atomic E-state index is -3.58. The summed E-state index contributed by atoms with van der Waals surface area (Å²) in [5.41, 5.74) is 1.16. The third kappa shape index (κ3) is 3.08. The van der Waals surface area contributed by atoms with Crippen molar-refractivity contribution in [3.8, 4) is 0 Å². The topological polar surface area (TPSA) is 75.7 Å². The Labute approximate surface area is 143 Å². The van der Waals surface area contributed by atoms with Crippen LogP contribution in [0.5, 0.6) is 0 Å². The van der Waals surface area contributed by atoms with Crippen LogP contribution in [0.25, 0.3) is 0 Å². The van der Waals surface area contributed by atoms with E-state index in [0.29, 0.717) is 25.2 Å². The second-order valence-corrected chi connectivity index (χ2v) is 9.33. The highest BCUT2D eigenvalue weighted by atomic mass is 32.2. The van der Waals surface area contributed by atoms with E-state index in [1.807, 2.05) is 27.7 Å². The van der Waals surface area contributed by atoms with Crippen LogP contribution in [0.3, 0.4) is 0 Å². The molecule has 1 aromatic rings. The normalized spacial score (nSPS) is 27.4. The molecule has 2 unspecified atom stereocenters. The summed E-state index contributed by atoms with van der Waals surface area (Å²) in [7, 11) is -3.58. The highest BCUT2D eigenvalue weighted by Gasteiger charge is 2.36. The predicted octanol–water partition coefficient (Wildman–Crippen LogP) is 2.10. The molecule has 3 rings (SSSR count). The SMILES string of the molecule is CC1CN(S(=O)(=O)c2ccc3c(c2)C(C)(C)CC(=O)N3)CC(C)O1. The number of carbonyl (C=O) groups is 1. The number of nitrogens with zero attached hydrogens (tertiary/aromatic N) is 1. The van der Waals surface area contributed by atoms with E-state index in [4.69, 9.17) is 4.74 Å². The molecule has 0 spiro atoms. The van der Waals surface area contributed by atoms with Crippen molar-refractivity contribution in [2.75, 3.05) is 18.4 Å². The highest BCUT2D eigenvalue weighted by Crippen LogP contribution is 2.38. The van der Waals surface area contributed by atoms with Gasteiger partial charge in [0.25, 0.3) is 0 Å². The molecule has 2 aliphatic heterocycles. The summed E-state index contributed by atoms with van der Waals surface area (Å²) in [6.07, 6.45) is 0.0866. The van der Waals surface area contributed by atoms with Gasteiger partial charge in [0.15, 0.2) is 0 Å². The molecule has 0 radical (unpaired) electrons. The average molecular weight is 352 g/mol. The minimum Gasteiger partial charge on any atom is -0.373 e. The van der Waals surface area contributed by atoms with Gasteiger partial charge < -0.3 is 10.1 Å². The van der Waals surface area contributed by atoms with Crippen LogP contribution in [0, 0.1) is 0 Å². The van der Waals surface area contributed by atoms with Crippen LogP contribution in [0.2, 0.25) is 0 Å². The van der Waals surface area contributed by atoms with Crippen LogP contribution < -0.4 is 5.32 Å². The number of amides is 1. The Morgan fingerprint density at radius 1 is 1.21 bits per heavy atom. The Morgan fingerprint density at radius 3 is 2.46 bits per heavy atom. The van der Waals surface area contributed by atoms with E-state index < -0.39 is 15.4 Å². The summed E-state index contributed by atoms with van der Waals surface area (Å²) >= 11 is 0. The molecule has 24 heavy (non-hydrogen) atoms. The van der Waals surface area contributed by atoms with Crippen molar-refractivity contribution in [2.24, 2.45) is 0 Å². The molecule has 6 nitrogen and oxygen atoms in total. The van der Waals surface area contributed by atoms with Gasteiger partial charge in [-0.15, -0.1) is 0 Å². The van der Waals surface area contributed by atoms with Crippen molar-refractivity contribution in [1.82, 2.24) is 4.31 Å². The fourth-order valence-corrected chi connectivity index (χ4v) is 5.14. The van der Waals surface area contributed by atoms with E-state index in [-0.39, 0.29) is 23.0 Å². The van der Waals surface area contributed by atoms with Crippen molar-refractivity contribution in [1.29, 1.82) is 0 Å². The number of hydrogen-bond acceptors (Lipinski definition) is 4. The number of sulfonamides is 1. The van der Waals surface area contributed by atoms with E-state index >= 15 is 0 Å². The predicted molar refractivity (Wildman–Crippen MR) is 91.5 cm³/mol. The Morgan fingerprint density at radius 2 is 1.83 bits per heavy atom. The Bertz CT molecular complexity index is 763. The van der Waals surface area contributed by atoms with Gasteiger partial charge in [0, 0.05) is 30.6 Å². The monoisotopic (exact) mass is 352 g/mol. The van der Waals surface area contributed by atoms with Gasteiger partial charge in [-0.1, -0.05) is 13.8 Å². The lowest BCUT2D eigenvalue weighted by Crippen LogP contribution is -2.48. The molecule has 132 valence electrons. The first-order chi connectivity index (χ1) is 11.1. The Hall–Kier alpha value is -1.44. The molecule has 2 atom stereocenters. The summed E-state index contributed by atoms with van der Waals surface area (Å²) in [6, 6.07) is 4.96. The van der Waals surface area contributed by atoms with Crippen LogP contribution in [-0.2, 0) is 25.0 Å². The molecule has 1 saturated heterocycles. The maximum atomic E-state index is 13.0. The summed E-state index contributed by atoms with van der Waals surface area (Å²) in [5, 5.41) is 2.82. The second-order valence-electron chi connectivity index (χ2n) is 7.40. The second kappa shape index (κ2) is 5.82. The smallest absolute Gasteiger partial charge is 0.243 e. The fourth-order valence-electron chi connectivity index (χ4n) is 3.52. The van der Waals surface area contributed by atoms with Crippen LogP contribution in [0.1, 0.15) is 39.7 Å². The van der Waals surface area contributed by atoms with Gasteiger partial charge in [0.1, 0.15) is 0 Å².